The summed E-state index contributed by atoms with van der Waals surface area (Å²) in [6.45, 7) is 3.89. The van der Waals surface area contributed by atoms with Crippen molar-refractivity contribution in [2.45, 2.75) is 38.6 Å². The number of rotatable bonds is 10. The number of carboxylic acids is 2. The van der Waals surface area contributed by atoms with Gasteiger partial charge in [0.05, 0.1) is 5.92 Å². The van der Waals surface area contributed by atoms with E-state index in [4.69, 9.17) is 23.2 Å². The second-order valence-electron chi connectivity index (χ2n) is 7.52. The number of carbonyl (C=O) groups is 2. The fraction of sp³-hybridized carbons (Fsp3) is 0.364. The van der Waals surface area contributed by atoms with E-state index in [1.807, 2.05) is 38.1 Å². The second kappa shape index (κ2) is 10.6. The van der Waals surface area contributed by atoms with Gasteiger partial charge < -0.3 is 15.5 Å². The molecule has 0 spiro atoms. The quantitative estimate of drug-likeness (QED) is 0.494. The molecule has 2 unspecified atom stereocenters. The van der Waals surface area contributed by atoms with Crippen molar-refractivity contribution in [3.63, 3.8) is 0 Å². The molecule has 5 nitrogen and oxygen atoms in total. The van der Waals surface area contributed by atoms with Gasteiger partial charge in [-0.25, -0.2) is 0 Å². The first kappa shape index (κ1) is 23.2. The standard InChI is InChI=1S/C22H25Cl2NO4/c1-13(2)6-20(22(28)29)25-12-19(21(26)27)16-5-3-4-14(8-16)7-15-9-17(23)11-18(24)10-15/h3-5,8-11,13,19-20,25H,6-7,12H2,1-2H3,(H,26,27)(H,28,29). The molecule has 0 saturated carbocycles. The average Bonchev–Trinajstić information content (AvgIpc) is 2.59. The topological polar surface area (TPSA) is 86.6 Å². The Kier molecular flexibility index (Phi) is 8.50. The molecule has 0 fully saturated rings. The van der Waals surface area contributed by atoms with Gasteiger partial charge in [-0.1, -0.05) is 61.3 Å². The Bertz CT molecular complexity index is 849. The van der Waals surface area contributed by atoms with Crippen LogP contribution in [0.5, 0.6) is 0 Å². The molecule has 0 aliphatic rings. The van der Waals surface area contributed by atoms with E-state index in [9.17, 15) is 19.8 Å². The first-order valence-electron chi connectivity index (χ1n) is 9.38. The van der Waals surface area contributed by atoms with Gasteiger partial charge in [0.25, 0.3) is 0 Å². The Hall–Kier alpha value is -2.08. The maximum atomic E-state index is 11.8. The van der Waals surface area contributed by atoms with Crippen molar-refractivity contribution < 1.29 is 19.8 Å². The van der Waals surface area contributed by atoms with E-state index in [1.165, 1.54) is 0 Å². The zero-order valence-electron chi connectivity index (χ0n) is 16.4. The lowest BCUT2D eigenvalue weighted by Gasteiger charge is -2.20. The maximum Gasteiger partial charge on any atom is 0.320 e. The average molecular weight is 438 g/mol. The summed E-state index contributed by atoms with van der Waals surface area (Å²) in [5.74, 6) is -2.66. The van der Waals surface area contributed by atoms with Gasteiger partial charge in [0.2, 0.25) is 0 Å². The number of halogens is 2. The minimum atomic E-state index is -1.01. The van der Waals surface area contributed by atoms with Crippen LogP contribution in [0, 0.1) is 5.92 Å². The molecule has 0 heterocycles. The number of hydrogen-bond acceptors (Lipinski definition) is 3. The molecule has 0 aliphatic carbocycles. The monoisotopic (exact) mass is 437 g/mol. The van der Waals surface area contributed by atoms with Gasteiger partial charge in [-0.15, -0.1) is 0 Å². The van der Waals surface area contributed by atoms with Crippen LogP contribution < -0.4 is 5.32 Å². The SMILES string of the molecule is CC(C)CC(NCC(C(=O)O)c1cccc(Cc2cc(Cl)cc(Cl)c2)c1)C(=O)O. The summed E-state index contributed by atoms with van der Waals surface area (Å²) in [5.41, 5.74) is 2.46. The Balaban J connectivity index is 2.17. The van der Waals surface area contributed by atoms with E-state index in [0.717, 1.165) is 11.1 Å². The molecule has 2 rings (SSSR count). The first-order valence-corrected chi connectivity index (χ1v) is 10.1. The molecule has 0 saturated heterocycles. The third-order valence-corrected chi connectivity index (χ3v) is 4.99. The lowest BCUT2D eigenvalue weighted by molar-refractivity contribution is -0.142. The van der Waals surface area contributed by atoms with Crippen molar-refractivity contribution in [3.8, 4) is 0 Å². The van der Waals surface area contributed by atoms with Crippen LogP contribution in [0.15, 0.2) is 42.5 Å². The molecule has 2 aromatic carbocycles. The van der Waals surface area contributed by atoms with Crippen LogP contribution in [-0.4, -0.2) is 34.7 Å². The van der Waals surface area contributed by atoms with E-state index >= 15 is 0 Å². The minimum absolute atomic E-state index is 0.0332. The van der Waals surface area contributed by atoms with Crippen molar-refractivity contribution in [2.75, 3.05) is 6.54 Å². The summed E-state index contributed by atoms with van der Waals surface area (Å²) in [6.07, 6.45) is 0.982. The molecule has 2 atom stereocenters. The van der Waals surface area contributed by atoms with Crippen molar-refractivity contribution >= 4 is 35.1 Å². The van der Waals surface area contributed by atoms with Crippen LogP contribution in [-0.2, 0) is 16.0 Å². The largest absolute Gasteiger partial charge is 0.481 e. The second-order valence-corrected chi connectivity index (χ2v) is 8.39. The number of carboxylic acid groups (broad SMARTS) is 2. The van der Waals surface area contributed by atoms with Gasteiger partial charge in [0, 0.05) is 16.6 Å². The Labute approximate surface area is 180 Å². The zero-order chi connectivity index (χ0) is 21.6. The molecule has 156 valence electrons. The van der Waals surface area contributed by atoms with Crippen LogP contribution in [0.1, 0.15) is 42.9 Å². The molecule has 29 heavy (non-hydrogen) atoms. The van der Waals surface area contributed by atoms with Gasteiger partial charge in [0.1, 0.15) is 6.04 Å². The molecular formula is C22H25Cl2NO4. The van der Waals surface area contributed by atoms with E-state index < -0.39 is 23.9 Å². The molecule has 7 heteroatoms. The van der Waals surface area contributed by atoms with Crippen molar-refractivity contribution in [1.82, 2.24) is 5.32 Å². The van der Waals surface area contributed by atoms with Crippen LogP contribution in [0.2, 0.25) is 10.0 Å². The van der Waals surface area contributed by atoms with Crippen molar-refractivity contribution in [3.05, 3.63) is 69.2 Å². The number of hydrogen-bond donors (Lipinski definition) is 3. The van der Waals surface area contributed by atoms with Crippen LogP contribution in [0.3, 0.4) is 0 Å². The Morgan fingerprint density at radius 2 is 1.62 bits per heavy atom. The predicted molar refractivity (Wildman–Crippen MR) is 115 cm³/mol. The number of nitrogens with one attached hydrogen (secondary N) is 1. The van der Waals surface area contributed by atoms with Crippen molar-refractivity contribution in [1.29, 1.82) is 0 Å². The number of benzene rings is 2. The highest BCUT2D eigenvalue weighted by molar-refractivity contribution is 6.34. The fourth-order valence-corrected chi connectivity index (χ4v) is 3.79. The van der Waals surface area contributed by atoms with Crippen LogP contribution >= 0.6 is 23.2 Å². The molecule has 0 radical (unpaired) electrons. The summed E-state index contributed by atoms with van der Waals surface area (Å²) < 4.78 is 0. The molecule has 2 aromatic rings. The highest BCUT2D eigenvalue weighted by Gasteiger charge is 2.24. The summed E-state index contributed by atoms with van der Waals surface area (Å²) >= 11 is 12.1. The third kappa shape index (κ3) is 7.35. The smallest absolute Gasteiger partial charge is 0.320 e. The van der Waals surface area contributed by atoms with Gasteiger partial charge in [-0.05, 0) is 53.6 Å². The zero-order valence-corrected chi connectivity index (χ0v) is 17.9. The van der Waals surface area contributed by atoms with E-state index in [1.54, 1.807) is 18.2 Å². The molecule has 0 aromatic heterocycles. The van der Waals surface area contributed by atoms with Gasteiger partial charge in [-0.3, -0.25) is 9.59 Å². The summed E-state index contributed by atoms with van der Waals surface area (Å²) in [5, 5.41) is 23.0. The van der Waals surface area contributed by atoms with E-state index in [-0.39, 0.29) is 12.5 Å². The van der Waals surface area contributed by atoms with Crippen LogP contribution in [0.4, 0.5) is 0 Å². The molecule has 0 amide bonds. The lowest BCUT2D eigenvalue weighted by atomic mass is 9.94. The molecule has 0 aliphatic heterocycles. The Morgan fingerprint density at radius 1 is 0.966 bits per heavy atom. The molecule has 0 bridgehead atoms. The first-order chi connectivity index (χ1) is 13.7. The lowest BCUT2D eigenvalue weighted by Crippen LogP contribution is -2.41. The molecular weight excluding hydrogens is 413 g/mol. The normalized spacial score (nSPS) is 13.3. The maximum absolute atomic E-state index is 11.8. The summed E-state index contributed by atoms with van der Waals surface area (Å²) in [6, 6.07) is 11.8. The highest BCUT2D eigenvalue weighted by atomic mass is 35.5. The number of aliphatic carboxylic acids is 2. The summed E-state index contributed by atoms with van der Waals surface area (Å²) in [4.78, 5) is 23.3. The van der Waals surface area contributed by atoms with E-state index in [2.05, 4.69) is 5.32 Å². The predicted octanol–water partition coefficient (Wildman–Crippen LogP) is 4.84. The Morgan fingerprint density at radius 3 is 2.17 bits per heavy atom. The fourth-order valence-electron chi connectivity index (χ4n) is 3.22. The third-order valence-electron chi connectivity index (χ3n) is 4.56. The highest BCUT2D eigenvalue weighted by Crippen LogP contribution is 2.23. The van der Waals surface area contributed by atoms with Crippen LogP contribution in [0.25, 0.3) is 0 Å². The van der Waals surface area contributed by atoms with Gasteiger partial charge in [-0.2, -0.15) is 0 Å². The van der Waals surface area contributed by atoms with Gasteiger partial charge in [0.15, 0.2) is 0 Å². The minimum Gasteiger partial charge on any atom is -0.481 e. The molecule has 3 N–H and O–H groups in total. The van der Waals surface area contributed by atoms with Crippen molar-refractivity contribution in [2.24, 2.45) is 5.92 Å². The van der Waals surface area contributed by atoms with Gasteiger partial charge >= 0.3 is 11.9 Å². The summed E-state index contributed by atoms with van der Waals surface area (Å²) in [7, 11) is 0. The van der Waals surface area contributed by atoms with E-state index in [0.29, 0.717) is 28.5 Å².